The molecule has 5 heteroatoms. The van der Waals surface area contributed by atoms with Crippen LogP contribution in [0.5, 0.6) is 0 Å². The second-order valence-corrected chi connectivity index (χ2v) is 5.91. The molecule has 0 saturated heterocycles. The average Bonchev–Trinajstić information content (AvgIpc) is 3.25. The van der Waals surface area contributed by atoms with Gasteiger partial charge in [-0.25, -0.2) is 0 Å². The summed E-state index contributed by atoms with van der Waals surface area (Å²) in [6.07, 6.45) is 3.66. The number of hydrogen-bond donors (Lipinski definition) is 2. The SMILES string of the molecule is CC(NC(=O)c1ccco1)C(=O)NC(c1ccccc1)C1CC1. The quantitative estimate of drug-likeness (QED) is 0.861. The topological polar surface area (TPSA) is 71.3 Å². The molecule has 5 nitrogen and oxygen atoms in total. The number of nitrogens with one attached hydrogen (secondary N) is 2. The van der Waals surface area contributed by atoms with Crippen LogP contribution >= 0.6 is 0 Å². The molecule has 2 atom stereocenters. The van der Waals surface area contributed by atoms with E-state index in [4.69, 9.17) is 4.42 Å². The molecule has 0 radical (unpaired) electrons. The Bertz CT molecular complexity index is 663. The van der Waals surface area contributed by atoms with Gasteiger partial charge in [0.25, 0.3) is 5.91 Å². The van der Waals surface area contributed by atoms with Crippen LogP contribution in [0.25, 0.3) is 0 Å². The monoisotopic (exact) mass is 312 g/mol. The third-order valence-electron chi connectivity index (χ3n) is 4.04. The van der Waals surface area contributed by atoms with Crippen molar-refractivity contribution in [3.63, 3.8) is 0 Å². The van der Waals surface area contributed by atoms with E-state index < -0.39 is 6.04 Å². The van der Waals surface area contributed by atoms with Gasteiger partial charge in [-0.15, -0.1) is 0 Å². The van der Waals surface area contributed by atoms with Gasteiger partial charge in [0.2, 0.25) is 5.91 Å². The Morgan fingerprint density at radius 2 is 1.83 bits per heavy atom. The standard InChI is InChI=1S/C18H20N2O3/c1-12(19-18(22)15-8-5-11-23-15)17(21)20-16(14-9-10-14)13-6-3-2-4-7-13/h2-8,11-12,14,16H,9-10H2,1H3,(H,19,22)(H,20,21). The van der Waals surface area contributed by atoms with Gasteiger partial charge in [0.15, 0.2) is 5.76 Å². The Morgan fingerprint density at radius 3 is 2.43 bits per heavy atom. The summed E-state index contributed by atoms with van der Waals surface area (Å²) in [5.41, 5.74) is 1.10. The molecule has 23 heavy (non-hydrogen) atoms. The number of furan rings is 1. The van der Waals surface area contributed by atoms with Crippen LogP contribution in [0.15, 0.2) is 53.1 Å². The zero-order valence-corrected chi connectivity index (χ0v) is 13.0. The van der Waals surface area contributed by atoms with E-state index in [2.05, 4.69) is 10.6 Å². The molecule has 0 aliphatic heterocycles. The van der Waals surface area contributed by atoms with Crippen molar-refractivity contribution in [1.29, 1.82) is 0 Å². The van der Waals surface area contributed by atoms with Crippen LogP contribution < -0.4 is 10.6 Å². The van der Waals surface area contributed by atoms with Crippen molar-refractivity contribution in [3.8, 4) is 0 Å². The lowest BCUT2D eigenvalue weighted by molar-refractivity contribution is -0.123. The number of hydrogen-bond acceptors (Lipinski definition) is 3. The van der Waals surface area contributed by atoms with Crippen LogP contribution in [0.2, 0.25) is 0 Å². The molecule has 0 bridgehead atoms. The molecule has 3 rings (SSSR count). The molecule has 1 fully saturated rings. The fraction of sp³-hybridized carbons (Fsp3) is 0.333. The minimum Gasteiger partial charge on any atom is -0.459 e. The fourth-order valence-electron chi connectivity index (χ4n) is 2.58. The van der Waals surface area contributed by atoms with Gasteiger partial charge in [0, 0.05) is 0 Å². The molecule has 2 amide bonds. The van der Waals surface area contributed by atoms with Gasteiger partial charge in [-0.1, -0.05) is 30.3 Å². The molecule has 1 heterocycles. The van der Waals surface area contributed by atoms with Crippen LogP contribution in [-0.2, 0) is 4.79 Å². The van der Waals surface area contributed by atoms with Crippen LogP contribution in [-0.4, -0.2) is 17.9 Å². The van der Waals surface area contributed by atoms with E-state index in [1.54, 1.807) is 19.1 Å². The second kappa shape index (κ2) is 6.69. The Labute approximate surface area is 135 Å². The number of carbonyl (C=O) groups excluding carboxylic acids is 2. The Balaban J connectivity index is 1.61. The normalized spacial score (nSPS) is 16.4. The Kier molecular flexibility index (Phi) is 4.46. The summed E-state index contributed by atoms with van der Waals surface area (Å²) in [5.74, 6) is 0.103. The van der Waals surface area contributed by atoms with Gasteiger partial charge in [0.1, 0.15) is 6.04 Å². The van der Waals surface area contributed by atoms with Crippen molar-refractivity contribution in [1.82, 2.24) is 10.6 Å². The third-order valence-corrected chi connectivity index (χ3v) is 4.04. The summed E-state index contributed by atoms with van der Waals surface area (Å²) in [6.45, 7) is 1.67. The van der Waals surface area contributed by atoms with Crippen LogP contribution in [0, 0.1) is 5.92 Å². The molecule has 1 aromatic carbocycles. The minimum absolute atomic E-state index is 0.00617. The molecule has 120 valence electrons. The fourth-order valence-corrected chi connectivity index (χ4v) is 2.58. The summed E-state index contributed by atoms with van der Waals surface area (Å²) in [6, 6.07) is 12.5. The molecule has 1 aliphatic carbocycles. The third kappa shape index (κ3) is 3.80. The van der Waals surface area contributed by atoms with Crippen molar-refractivity contribution in [3.05, 3.63) is 60.1 Å². The van der Waals surface area contributed by atoms with Crippen LogP contribution in [0.4, 0.5) is 0 Å². The molecule has 2 aromatic rings. The van der Waals surface area contributed by atoms with E-state index in [-0.39, 0.29) is 23.6 Å². The summed E-state index contributed by atoms with van der Waals surface area (Å²) in [4.78, 5) is 24.3. The lowest BCUT2D eigenvalue weighted by Gasteiger charge is -2.21. The highest BCUT2D eigenvalue weighted by Crippen LogP contribution is 2.40. The maximum atomic E-state index is 12.4. The maximum Gasteiger partial charge on any atom is 0.287 e. The van der Waals surface area contributed by atoms with Gasteiger partial charge in [-0.2, -0.15) is 0 Å². The summed E-state index contributed by atoms with van der Waals surface area (Å²) in [7, 11) is 0. The largest absolute Gasteiger partial charge is 0.459 e. The Morgan fingerprint density at radius 1 is 1.09 bits per heavy atom. The summed E-state index contributed by atoms with van der Waals surface area (Å²) >= 11 is 0. The van der Waals surface area contributed by atoms with Crippen molar-refractivity contribution >= 4 is 11.8 Å². The van der Waals surface area contributed by atoms with Crippen LogP contribution in [0.1, 0.15) is 41.9 Å². The average molecular weight is 312 g/mol. The summed E-state index contributed by atoms with van der Waals surface area (Å²) < 4.78 is 5.03. The van der Waals surface area contributed by atoms with Gasteiger partial charge in [-0.05, 0) is 43.4 Å². The Hall–Kier alpha value is -2.56. The molecule has 2 N–H and O–H groups in total. The van der Waals surface area contributed by atoms with Gasteiger partial charge in [-0.3, -0.25) is 9.59 Å². The first-order valence-electron chi connectivity index (χ1n) is 7.85. The second-order valence-electron chi connectivity index (χ2n) is 5.91. The van der Waals surface area contributed by atoms with E-state index in [0.717, 1.165) is 18.4 Å². The smallest absolute Gasteiger partial charge is 0.287 e. The first-order valence-corrected chi connectivity index (χ1v) is 7.85. The van der Waals surface area contributed by atoms with Gasteiger partial charge >= 0.3 is 0 Å². The van der Waals surface area contributed by atoms with Crippen molar-refractivity contribution in [2.75, 3.05) is 0 Å². The molecule has 2 unspecified atom stereocenters. The molecular weight excluding hydrogens is 292 g/mol. The minimum atomic E-state index is -0.627. The first-order chi connectivity index (χ1) is 11.1. The van der Waals surface area contributed by atoms with Crippen molar-refractivity contribution < 1.29 is 14.0 Å². The van der Waals surface area contributed by atoms with Gasteiger partial charge < -0.3 is 15.1 Å². The molecule has 1 aromatic heterocycles. The molecule has 1 saturated carbocycles. The zero-order valence-electron chi connectivity index (χ0n) is 13.0. The number of amides is 2. The lowest BCUT2D eigenvalue weighted by Crippen LogP contribution is -2.46. The van der Waals surface area contributed by atoms with Crippen molar-refractivity contribution in [2.45, 2.75) is 31.8 Å². The summed E-state index contributed by atoms with van der Waals surface area (Å²) in [5, 5.41) is 5.71. The van der Waals surface area contributed by atoms with E-state index in [0.29, 0.717) is 5.92 Å². The van der Waals surface area contributed by atoms with E-state index in [9.17, 15) is 9.59 Å². The van der Waals surface area contributed by atoms with E-state index >= 15 is 0 Å². The number of carbonyl (C=O) groups is 2. The zero-order chi connectivity index (χ0) is 16.2. The number of rotatable bonds is 6. The van der Waals surface area contributed by atoms with E-state index in [1.807, 2.05) is 30.3 Å². The number of benzene rings is 1. The highest BCUT2D eigenvalue weighted by atomic mass is 16.3. The maximum absolute atomic E-state index is 12.4. The van der Waals surface area contributed by atoms with Crippen LogP contribution in [0.3, 0.4) is 0 Å². The van der Waals surface area contributed by atoms with Crippen molar-refractivity contribution in [2.24, 2.45) is 5.92 Å². The first kappa shape index (κ1) is 15.3. The highest BCUT2D eigenvalue weighted by molar-refractivity contribution is 5.95. The van der Waals surface area contributed by atoms with Gasteiger partial charge in [0.05, 0.1) is 12.3 Å². The molecular formula is C18H20N2O3. The lowest BCUT2D eigenvalue weighted by atomic mass is 10.0. The predicted octanol–water partition coefficient (Wildman–Crippen LogP) is 2.67. The predicted molar refractivity (Wildman–Crippen MR) is 85.7 cm³/mol. The highest BCUT2D eigenvalue weighted by Gasteiger charge is 2.34. The van der Waals surface area contributed by atoms with E-state index in [1.165, 1.54) is 6.26 Å². The molecule has 1 aliphatic rings. The molecule has 0 spiro atoms.